The molecule has 1 aromatic carbocycles. The van der Waals surface area contributed by atoms with Gasteiger partial charge in [0.2, 0.25) is 0 Å². The average molecular weight is 301 g/mol. The number of aromatic nitrogens is 2. The van der Waals surface area contributed by atoms with Gasteiger partial charge in [0.25, 0.3) is 0 Å². The Morgan fingerprint density at radius 2 is 1.86 bits per heavy atom. The van der Waals surface area contributed by atoms with Crippen LogP contribution in [0.4, 0.5) is 10.2 Å². The van der Waals surface area contributed by atoms with Crippen LogP contribution in [0.25, 0.3) is 11.3 Å². The minimum absolute atomic E-state index is 0.214. The normalized spacial score (nSPS) is 16.1. The van der Waals surface area contributed by atoms with Crippen molar-refractivity contribution in [3.05, 3.63) is 42.2 Å². The van der Waals surface area contributed by atoms with Gasteiger partial charge in [-0.15, -0.1) is 10.2 Å². The van der Waals surface area contributed by atoms with Crippen LogP contribution >= 0.6 is 0 Å². The molecule has 0 spiro atoms. The van der Waals surface area contributed by atoms with Crippen molar-refractivity contribution < 1.29 is 9.50 Å². The molecule has 0 aliphatic heterocycles. The van der Waals surface area contributed by atoms with Crippen molar-refractivity contribution in [2.45, 2.75) is 25.7 Å². The third kappa shape index (κ3) is 3.25. The predicted octanol–water partition coefficient (Wildman–Crippen LogP) is 3.25. The molecular formula is C17H20FN3O. The van der Waals surface area contributed by atoms with Gasteiger partial charge in [0.1, 0.15) is 11.6 Å². The van der Waals surface area contributed by atoms with E-state index in [9.17, 15) is 4.39 Å². The SMILES string of the molecule is OCCC1(CNc2ccc(-c3ccc(F)cc3)nn2)CCC1. The largest absolute Gasteiger partial charge is 0.396 e. The number of aliphatic hydroxyl groups excluding tert-OH is 1. The van der Waals surface area contributed by atoms with Crippen LogP contribution in [0.5, 0.6) is 0 Å². The molecule has 0 bridgehead atoms. The van der Waals surface area contributed by atoms with Crippen LogP contribution in [-0.4, -0.2) is 28.5 Å². The summed E-state index contributed by atoms with van der Waals surface area (Å²) in [5, 5.41) is 20.8. The summed E-state index contributed by atoms with van der Waals surface area (Å²) in [5.74, 6) is 0.472. The van der Waals surface area contributed by atoms with Crippen LogP contribution in [0.2, 0.25) is 0 Å². The van der Waals surface area contributed by atoms with Gasteiger partial charge in [-0.25, -0.2) is 4.39 Å². The number of anilines is 1. The second-order valence-electron chi connectivity index (χ2n) is 5.99. The fraction of sp³-hybridized carbons (Fsp3) is 0.412. The van der Waals surface area contributed by atoms with Crippen LogP contribution in [0, 0.1) is 11.2 Å². The molecule has 1 aromatic heterocycles. The maximum atomic E-state index is 12.9. The molecule has 1 saturated carbocycles. The second kappa shape index (κ2) is 6.40. The number of nitrogens with one attached hydrogen (secondary N) is 1. The molecule has 4 nitrogen and oxygen atoms in total. The molecule has 0 saturated heterocycles. The van der Waals surface area contributed by atoms with Crippen molar-refractivity contribution in [3.63, 3.8) is 0 Å². The Morgan fingerprint density at radius 3 is 2.41 bits per heavy atom. The van der Waals surface area contributed by atoms with Crippen molar-refractivity contribution in [2.24, 2.45) is 5.41 Å². The molecule has 2 N–H and O–H groups in total. The minimum Gasteiger partial charge on any atom is -0.396 e. The number of hydrogen-bond acceptors (Lipinski definition) is 4. The standard InChI is InChI=1S/C17H20FN3O/c18-14-4-2-13(3-5-14)15-6-7-16(21-20-15)19-12-17(10-11-22)8-1-9-17/h2-7,22H,1,8-12H2,(H,19,21). The Morgan fingerprint density at radius 1 is 1.09 bits per heavy atom. The van der Waals surface area contributed by atoms with Crippen LogP contribution < -0.4 is 5.32 Å². The average Bonchev–Trinajstić information content (AvgIpc) is 2.51. The Kier molecular flexibility index (Phi) is 4.34. The van der Waals surface area contributed by atoms with Crippen molar-refractivity contribution >= 4 is 5.82 Å². The zero-order valence-electron chi connectivity index (χ0n) is 12.4. The molecule has 2 aromatic rings. The van der Waals surface area contributed by atoms with Gasteiger partial charge >= 0.3 is 0 Å². The van der Waals surface area contributed by atoms with E-state index < -0.39 is 0 Å². The fourth-order valence-corrected chi connectivity index (χ4v) is 2.91. The first kappa shape index (κ1) is 14.9. The van der Waals surface area contributed by atoms with E-state index in [4.69, 9.17) is 5.11 Å². The van der Waals surface area contributed by atoms with Crippen molar-refractivity contribution in [2.75, 3.05) is 18.5 Å². The first-order chi connectivity index (χ1) is 10.7. The van der Waals surface area contributed by atoms with E-state index in [1.807, 2.05) is 12.1 Å². The van der Waals surface area contributed by atoms with Crippen LogP contribution in [0.1, 0.15) is 25.7 Å². The van der Waals surface area contributed by atoms with Crippen molar-refractivity contribution in [1.29, 1.82) is 0 Å². The lowest BCUT2D eigenvalue weighted by Gasteiger charge is -2.41. The third-order valence-electron chi connectivity index (χ3n) is 4.51. The summed E-state index contributed by atoms with van der Waals surface area (Å²) in [5.41, 5.74) is 1.78. The monoisotopic (exact) mass is 301 g/mol. The van der Waals surface area contributed by atoms with E-state index in [0.29, 0.717) is 0 Å². The van der Waals surface area contributed by atoms with E-state index in [2.05, 4.69) is 15.5 Å². The summed E-state index contributed by atoms with van der Waals surface area (Å²) >= 11 is 0. The third-order valence-corrected chi connectivity index (χ3v) is 4.51. The van der Waals surface area contributed by atoms with Gasteiger partial charge in [-0.1, -0.05) is 6.42 Å². The van der Waals surface area contributed by atoms with Crippen LogP contribution in [-0.2, 0) is 0 Å². The van der Waals surface area contributed by atoms with Gasteiger partial charge in [0.15, 0.2) is 0 Å². The molecule has 1 aliphatic carbocycles. The molecule has 116 valence electrons. The number of nitrogens with zero attached hydrogens (tertiary/aromatic N) is 2. The van der Waals surface area contributed by atoms with Gasteiger partial charge < -0.3 is 10.4 Å². The number of halogens is 1. The molecule has 1 aliphatic rings. The highest BCUT2D eigenvalue weighted by atomic mass is 19.1. The van der Waals surface area contributed by atoms with Gasteiger partial charge in [-0.3, -0.25) is 0 Å². The predicted molar refractivity (Wildman–Crippen MR) is 83.9 cm³/mol. The molecule has 22 heavy (non-hydrogen) atoms. The van der Waals surface area contributed by atoms with E-state index >= 15 is 0 Å². The highest BCUT2D eigenvalue weighted by molar-refractivity contribution is 5.59. The molecule has 1 fully saturated rings. The number of hydrogen-bond donors (Lipinski definition) is 2. The smallest absolute Gasteiger partial charge is 0.148 e. The molecule has 3 rings (SSSR count). The number of rotatable bonds is 6. The second-order valence-corrected chi connectivity index (χ2v) is 5.99. The molecule has 0 atom stereocenters. The summed E-state index contributed by atoms with van der Waals surface area (Å²) in [4.78, 5) is 0. The topological polar surface area (TPSA) is 58.0 Å². The van der Waals surface area contributed by atoms with Gasteiger partial charge in [-0.05, 0) is 61.1 Å². The van der Waals surface area contributed by atoms with Gasteiger partial charge in [0, 0.05) is 18.7 Å². The van der Waals surface area contributed by atoms with Gasteiger partial charge in [0.05, 0.1) is 5.69 Å². The summed E-state index contributed by atoms with van der Waals surface area (Å²) in [6.45, 7) is 1.05. The lowest BCUT2D eigenvalue weighted by atomic mass is 9.67. The molecule has 1 heterocycles. The first-order valence-corrected chi connectivity index (χ1v) is 7.65. The summed E-state index contributed by atoms with van der Waals surface area (Å²) in [6, 6.07) is 9.98. The summed E-state index contributed by atoms with van der Waals surface area (Å²) in [7, 11) is 0. The van der Waals surface area contributed by atoms with Crippen molar-refractivity contribution in [3.8, 4) is 11.3 Å². The zero-order valence-corrected chi connectivity index (χ0v) is 12.4. The highest BCUT2D eigenvalue weighted by Crippen LogP contribution is 2.43. The Balaban J connectivity index is 1.63. The Hall–Kier alpha value is -2.01. The van der Waals surface area contributed by atoms with E-state index in [1.54, 1.807) is 12.1 Å². The fourth-order valence-electron chi connectivity index (χ4n) is 2.91. The summed E-state index contributed by atoms with van der Waals surface area (Å²) < 4.78 is 12.9. The quantitative estimate of drug-likeness (QED) is 0.860. The molecule has 5 heteroatoms. The minimum atomic E-state index is -0.260. The maximum Gasteiger partial charge on any atom is 0.148 e. The zero-order chi connectivity index (χ0) is 15.4. The summed E-state index contributed by atoms with van der Waals surface area (Å²) in [6.07, 6.45) is 4.38. The number of aliphatic hydroxyl groups is 1. The molecule has 0 amide bonds. The molecular weight excluding hydrogens is 281 g/mol. The molecule has 0 unspecified atom stereocenters. The first-order valence-electron chi connectivity index (χ1n) is 7.65. The Labute approximate surface area is 129 Å². The van der Waals surface area contributed by atoms with Gasteiger partial charge in [-0.2, -0.15) is 0 Å². The lowest BCUT2D eigenvalue weighted by molar-refractivity contribution is 0.101. The van der Waals surface area contributed by atoms with Crippen LogP contribution in [0.3, 0.4) is 0 Å². The lowest BCUT2D eigenvalue weighted by Crippen LogP contribution is -2.37. The Bertz CT molecular complexity index is 609. The van der Waals surface area contributed by atoms with Crippen LogP contribution in [0.15, 0.2) is 36.4 Å². The highest BCUT2D eigenvalue weighted by Gasteiger charge is 2.36. The van der Waals surface area contributed by atoms with Crippen molar-refractivity contribution in [1.82, 2.24) is 10.2 Å². The molecule has 0 radical (unpaired) electrons. The number of benzene rings is 1. The maximum absolute atomic E-state index is 12.9. The van der Waals surface area contributed by atoms with E-state index in [-0.39, 0.29) is 17.8 Å². The van der Waals surface area contributed by atoms with E-state index in [0.717, 1.165) is 42.9 Å². The van der Waals surface area contributed by atoms with E-state index in [1.165, 1.54) is 18.6 Å².